The Balaban J connectivity index is 1.48. The fourth-order valence-electron chi connectivity index (χ4n) is 3.57. The highest BCUT2D eigenvalue weighted by Crippen LogP contribution is 2.28. The van der Waals surface area contributed by atoms with Crippen LogP contribution in [0.15, 0.2) is 36.7 Å². The molecular weight excluding hydrogens is 443 g/mol. The van der Waals surface area contributed by atoms with Crippen LogP contribution >= 0.6 is 0 Å². The Labute approximate surface area is 194 Å². The third-order valence-electron chi connectivity index (χ3n) is 5.34. The number of ether oxygens (including phenoxy) is 1. The molecule has 1 aliphatic heterocycles. The van der Waals surface area contributed by atoms with E-state index in [9.17, 15) is 14.4 Å². The molecule has 34 heavy (non-hydrogen) atoms. The zero-order valence-corrected chi connectivity index (χ0v) is 18.4. The van der Waals surface area contributed by atoms with Crippen molar-refractivity contribution in [3.63, 3.8) is 0 Å². The molecule has 0 unspecified atom stereocenters. The molecule has 1 aliphatic rings. The average Bonchev–Trinajstić information content (AvgIpc) is 3.32. The van der Waals surface area contributed by atoms with Crippen LogP contribution in [0, 0.1) is 11.3 Å². The van der Waals surface area contributed by atoms with Crippen LogP contribution in [0.4, 0.5) is 16.0 Å². The summed E-state index contributed by atoms with van der Waals surface area (Å²) in [4.78, 5) is 23.1. The molecule has 1 amide bonds. The van der Waals surface area contributed by atoms with E-state index in [0.717, 1.165) is 0 Å². The first-order valence-corrected chi connectivity index (χ1v) is 10.7. The number of hydrogen-bond acceptors (Lipinski definition) is 9. The van der Waals surface area contributed by atoms with Crippen LogP contribution < -0.4 is 10.1 Å². The van der Waals surface area contributed by atoms with Crippen LogP contribution in [-0.2, 0) is 11.3 Å². The van der Waals surface area contributed by atoms with E-state index < -0.39 is 24.8 Å². The number of halogens is 1. The molecule has 12 heteroatoms. The Kier molecular flexibility index (Phi) is 6.93. The van der Waals surface area contributed by atoms with Crippen molar-refractivity contribution in [1.82, 2.24) is 29.9 Å². The Morgan fingerprint density at radius 2 is 2.24 bits per heavy atom. The molecular formula is C22H23FN8O3. The normalized spacial score (nSPS) is 17.8. The molecule has 0 radical (unpaired) electrons. The van der Waals surface area contributed by atoms with Crippen LogP contribution in [0.25, 0.3) is 11.4 Å². The molecule has 3 aromatic rings. The lowest BCUT2D eigenvalue weighted by molar-refractivity contribution is -0.138. The van der Waals surface area contributed by atoms with Gasteiger partial charge in [0.15, 0.2) is 17.8 Å². The predicted octanol–water partition coefficient (Wildman–Crippen LogP) is 1.68. The fourth-order valence-corrected chi connectivity index (χ4v) is 3.57. The SMILES string of the molecule is CCn1ncc(Nc2ccnc(-c3ccc(O[C@H]4CCN(C(=O)CO)C[C@H]4F)c(C#N)c3)n2)n1. The molecule has 0 aliphatic carbocycles. The van der Waals surface area contributed by atoms with Gasteiger partial charge in [0.25, 0.3) is 0 Å². The number of hydrogen-bond donors (Lipinski definition) is 2. The number of nitriles is 1. The second kappa shape index (κ2) is 10.2. The molecule has 176 valence electrons. The monoisotopic (exact) mass is 466 g/mol. The maximum Gasteiger partial charge on any atom is 0.248 e. The standard InChI is InChI=1S/C22H23FN8O3/c1-2-31-26-11-20(29-31)27-19-5-7-25-22(28-19)14-3-4-17(15(9-14)10-24)34-18-6-8-30(12-16(18)23)21(33)13-32/h3-5,7,9,11,16,18,32H,2,6,8,12-13H2,1H3,(H,25,27,28,29)/t16-,18+/m1/s1. The summed E-state index contributed by atoms with van der Waals surface area (Å²) < 4.78 is 20.4. The van der Waals surface area contributed by atoms with Crippen LogP contribution in [0.5, 0.6) is 5.75 Å². The molecule has 2 N–H and O–H groups in total. The van der Waals surface area contributed by atoms with E-state index in [0.29, 0.717) is 29.6 Å². The van der Waals surface area contributed by atoms with Crippen molar-refractivity contribution < 1.29 is 19.0 Å². The van der Waals surface area contributed by atoms with Crippen molar-refractivity contribution in [2.45, 2.75) is 32.2 Å². The number of rotatable bonds is 7. The summed E-state index contributed by atoms with van der Waals surface area (Å²) in [6, 6.07) is 8.62. The first kappa shape index (κ1) is 23.1. The smallest absolute Gasteiger partial charge is 0.248 e. The summed E-state index contributed by atoms with van der Waals surface area (Å²) in [7, 11) is 0. The van der Waals surface area contributed by atoms with Gasteiger partial charge < -0.3 is 20.1 Å². The second-order valence-corrected chi connectivity index (χ2v) is 7.59. The van der Waals surface area contributed by atoms with Gasteiger partial charge in [0.05, 0.1) is 24.8 Å². The van der Waals surface area contributed by atoms with Crippen LogP contribution in [0.3, 0.4) is 0 Å². The molecule has 3 heterocycles. The van der Waals surface area contributed by atoms with Crippen molar-refractivity contribution in [1.29, 1.82) is 5.26 Å². The van der Waals surface area contributed by atoms with Gasteiger partial charge in [-0.3, -0.25) is 4.79 Å². The number of alkyl halides is 1. The highest BCUT2D eigenvalue weighted by atomic mass is 19.1. The largest absolute Gasteiger partial charge is 0.486 e. The molecule has 1 fully saturated rings. The number of aliphatic hydroxyl groups is 1. The molecule has 0 spiro atoms. The molecule has 1 aromatic carbocycles. The number of aromatic nitrogens is 5. The Morgan fingerprint density at radius 1 is 1.38 bits per heavy atom. The maximum absolute atomic E-state index is 14.6. The van der Waals surface area contributed by atoms with Crippen LogP contribution in [0.1, 0.15) is 18.9 Å². The topological polar surface area (TPSA) is 142 Å². The van der Waals surface area contributed by atoms with Crippen LogP contribution in [-0.4, -0.2) is 72.8 Å². The number of carbonyl (C=O) groups excluding carboxylic acids is 1. The Morgan fingerprint density at radius 3 is 2.94 bits per heavy atom. The summed E-state index contributed by atoms with van der Waals surface area (Å²) in [5.74, 6) is 1.16. The van der Waals surface area contributed by atoms with Crippen molar-refractivity contribution in [3.8, 4) is 23.2 Å². The zero-order valence-electron chi connectivity index (χ0n) is 18.4. The number of nitrogens with one attached hydrogen (secondary N) is 1. The second-order valence-electron chi connectivity index (χ2n) is 7.59. The summed E-state index contributed by atoms with van der Waals surface area (Å²) in [6.45, 7) is 2.02. The van der Waals surface area contributed by atoms with E-state index in [1.807, 2.05) is 6.92 Å². The minimum Gasteiger partial charge on any atom is -0.486 e. The lowest BCUT2D eigenvalue weighted by Crippen LogP contribution is -2.50. The van der Waals surface area contributed by atoms with Crippen molar-refractivity contribution in [2.24, 2.45) is 0 Å². The summed E-state index contributed by atoms with van der Waals surface area (Å²) in [6.07, 6.45) is 1.18. The number of aliphatic hydroxyl groups excluding tert-OH is 1. The number of likely N-dealkylation sites (tertiary alicyclic amines) is 1. The number of piperidine rings is 1. The van der Waals surface area contributed by atoms with Gasteiger partial charge in [-0.1, -0.05) is 0 Å². The number of amides is 1. The number of anilines is 2. The van der Waals surface area contributed by atoms with E-state index >= 15 is 0 Å². The molecule has 2 atom stereocenters. The molecule has 0 saturated carbocycles. The number of nitrogens with zero attached hydrogens (tertiary/aromatic N) is 7. The van der Waals surface area contributed by atoms with Gasteiger partial charge in [-0.25, -0.2) is 14.4 Å². The van der Waals surface area contributed by atoms with E-state index in [2.05, 4.69) is 31.6 Å². The van der Waals surface area contributed by atoms with Gasteiger partial charge in [0, 0.05) is 24.7 Å². The van der Waals surface area contributed by atoms with Gasteiger partial charge in [-0.15, -0.1) is 5.10 Å². The first-order valence-electron chi connectivity index (χ1n) is 10.7. The van der Waals surface area contributed by atoms with E-state index in [4.69, 9.17) is 9.84 Å². The molecule has 11 nitrogen and oxygen atoms in total. The zero-order chi connectivity index (χ0) is 24.1. The predicted molar refractivity (Wildman–Crippen MR) is 119 cm³/mol. The van der Waals surface area contributed by atoms with Gasteiger partial charge in [-0.2, -0.15) is 15.2 Å². The first-order chi connectivity index (χ1) is 16.5. The number of aryl methyl sites for hydroxylation is 1. The molecule has 0 bridgehead atoms. The van der Waals surface area contributed by atoms with E-state index in [1.54, 1.807) is 41.5 Å². The molecule has 4 rings (SSSR count). The summed E-state index contributed by atoms with van der Waals surface area (Å²) >= 11 is 0. The fraction of sp³-hybridized carbons (Fsp3) is 0.364. The Bertz CT molecular complexity index is 1210. The summed E-state index contributed by atoms with van der Waals surface area (Å²) in [5, 5.41) is 30.0. The van der Waals surface area contributed by atoms with Crippen molar-refractivity contribution in [3.05, 3.63) is 42.2 Å². The maximum atomic E-state index is 14.6. The van der Waals surface area contributed by atoms with Crippen molar-refractivity contribution in [2.75, 3.05) is 25.0 Å². The quantitative estimate of drug-likeness (QED) is 0.532. The van der Waals surface area contributed by atoms with E-state index in [1.165, 1.54) is 4.90 Å². The van der Waals surface area contributed by atoms with Gasteiger partial charge in [-0.05, 0) is 31.2 Å². The highest BCUT2D eigenvalue weighted by molar-refractivity contribution is 5.77. The van der Waals surface area contributed by atoms with E-state index in [-0.39, 0.29) is 30.8 Å². The number of benzene rings is 1. The third-order valence-corrected chi connectivity index (χ3v) is 5.34. The average molecular weight is 466 g/mol. The lowest BCUT2D eigenvalue weighted by Gasteiger charge is -2.34. The minimum absolute atomic E-state index is 0.163. The molecule has 1 saturated heterocycles. The van der Waals surface area contributed by atoms with Crippen molar-refractivity contribution >= 4 is 17.5 Å². The Hall–Kier alpha value is -4.11. The molecule has 2 aromatic heterocycles. The number of carbonyl (C=O) groups is 1. The lowest BCUT2D eigenvalue weighted by atomic mass is 10.0. The summed E-state index contributed by atoms with van der Waals surface area (Å²) in [5.41, 5.74) is 0.802. The van der Waals surface area contributed by atoms with Gasteiger partial charge in [0.2, 0.25) is 5.91 Å². The van der Waals surface area contributed by atoms with Crippen LogP contribution in [0.2, 0.25) is 0 Å². The minimum atomic E-state index is -1.44. The van der Waals surface area contributed by atoms with Gasteiger partial charge >= 0.3 is 0 Å². The van der Waals surface area contributed by atoms with Gasteiger partial charge in [0.1, 0.15) is 30.3 Å². The highest BCUT2D eigenvalue weighted by Gasteiger charge is 2.33. The third kappa shape index (κ3) is 5.10.